The fourth-order valence-electron chi connectivity index (χ4n) is 4.80. The number of nitrogens with two attached hydrogens (primary N) is 1. The van der Waals surface area contributed by atoms with Crippen molar-refractivity contribution in [2.24, 2.45) is 0 Å². The SMILES string of the molecule is Nc1ccc(Cl)cc1C1=CC(c2ccc(OCCN3CCOCC3)cc2)N(C(=S)Oc2ccc(F)cc2)CC1. The molecule has 6 nitrogen and oxygen atoms in total. The standard InChI is InChI=1S/C30H31ClFN3O3S/c31-23-3-10-28(33)27(20-23)22-11-12-35(30(39)38-26-8-4-24(32)5-9-26)29(19-22)21-1-6-25(7-2-21)37-18-15-34-13-16-36-17-14-34/h1-10,19-20,29H,11-18,33H2. The number of hydrogen-bond donors (Lipinski definition) is 1. The Morgan fingerprint density at radius 3 is 2.46 bits per heavy atom. The summed E-state index contributed by atoms with van der Waals surface area (Å²) >= 11 is 12.0. The maximum absolute atomic E-state index is 13.4. The van der Waals surface area contributed by atoms with E-state index in [1.807, 2.05) is 41.3 Å². The molecule has 0 spiro atoms. The van der Waals surface area contributed by atoms with E-state index in [9.17, 15) is 4.39 Å². The van der Waals surface area contributed by atoms with Crippen LogP contribution >= 0.6 is 23.8 Å². The summed E-state index contributed by atoms with van der Waals surface area (Å²) in [6.45, 7) is 5.51. The monoisotopic (exact) mass is 567 g/mol. The second-order valence-electron chi connectivity index (χ2n) is 9.51. The Balaban J connectivity index is 1.35. The maximum atomic E-state index is 13.4. The number of ether oxygens (including phenoxy) is 3. The van der Waals surface area contributed by atoms with Crippen molar-refractivity contribution in [1.29, 1.82) is 0 Å². The molecule has 3 aromatic carbocycles. The zero-order valence-corrected chi connectivity index (χ0v) is 23.1. The molecule has 5 rings (SSSR count). The Hall–Kier alpha value is -3.17. The molecule has 2 heterocycles. The number of hydrogen-bond acceptors (Lipinski definition) is 6. The van der Waals surface area contributed by atoms with Gasteiger partial charge in [-0.15, -0.1) is 0 Å². The molecule has 3 aromatic rings. The van der Waals surface area contributed by atoms with Gasteiger partial charge in [-0.25, -0.2) is 4.39 Å². The van der Waals surface area contributed by atoms with Gasteiger partial charge in [-0.3, -0.25) is 4.90 Å². The minimum Gasteiger partial charge on any atom is -0.492 e. The smallest absolute Gasteiger partial charge is 0.265 e. The van der Waals surface area contributed by atoms with E-state index in [4.69, 9.17) is 43.8 Å². The van der Waals surface area contributed by atoms with Crippen LogP contribution in [0.3, 0.4) is 0 Å². The Morgan fingerprint density at radius 2 is 1.72 bits per heavy atom. The number of nitrogen functional groups attached to an aromatic ring is 1. The number of anilines is 1. The lowest BCUT2D eigenvalue weighted by Gasteiger charge is -2.36. The Morgan fingerprint density at radius 1 is 1.00 bits per heavy atom. The first kappa shape index (κ1) is 27.4. The number of morpholine rings is 1. The normalized spacial score (nSPS) is 17.9. The van der Waals surface area contributed by atoms with Gasteiger partial charge in [0.2, 0.25) is 0 Å². The average Bonchev–Trinajstić information content (AvgIpc) is 2.96. The lowest BCUT2D eigenvalue weighted by molar-refractivity contribution is 0.0322. The van der Waals surface area contributed by atoms with E-state index < -0.39 is 0 Å². The van der Waals surface area contributed by atoms with E-state index in [0.29, 0.717) is 41.2 Å². The van der Waals surface area contributed by atoms with Crippen LogP contribution in [0.2, 0.25) is 5.02 Å². The molecule has 0 aromatic heterocycles. The summed E-state index contributed by atoms with van der Waals surface area (Å²) in [7, 11) is 0. The van der Waals surface area contributed by atoms with Crippen molar-refractivity contribution in [3.05, 3.63) is 94.8 Å². The van der Waals surface area contributed by atoms with Gasteiger partial charge in [-0.1, -0.05) is 29.8 Å². The second-order valence-corrected chi connectivity index (χ2v) is 10.3. The Kier molecular flexibility index (Phi) is 8.98. The quantitative estimate of drug-likeness (QED) is 0.279. The van der Waals surface area contributed by atoms with Crippen molar-refractivity contribution in [3.8, 4) is 11.5 Å². The van der Waals surface area contributed by atoms with Crippen molar-refractivity contribution in [2.75, 3.05) is 51.7 Å². The zero-order valence-electron chi connectivity index (χ0n) is 21.5. The first-order valence-corrected chi connectivity index (χ1v) is 13.8. The van der Waals surface area contributed by atoms with Crippen LogP contribution in [-0.2, 0) is 4.74 Å². The maximum Gasteiger partial charge on any atom is 0.265 e. The largest absolute Gasteiger partial charge is 0.492 e. The molecule has 39 heavy (non-hydrogen) atoms. The third kappa shape index (κ3) is 7.08. The van der Waals surface area contributed by atoms with E-state index in [2.05, 4.69) is 11.0 Å². The first-order chi connectivity index (χ1) is 19.0. The molecule has 204 valence electrons. The van der Waals surface area contributed by atoms with Crippen molar-refractivity contribution in [2.45, 2.75) is 12.5 Å². The molecule has 2 N–H and O–H groups in total. The lowest BCUT2D eigenvalue weighted by atomic mass is 9.92. The summed E-state index contributed by atoms with van der Waals surface area (Å²) in [6, 6.07) is 19.2. The number of halogens is 2. The van der Waals surface area contributed by atoms with E-state index in [1.165, 1.54) is 12.1 Å². The van der Waals surface area contributed by atoms with Crippen LogP contribution in [0.1, 0.15) is 23.6 Å². The topological polar surface area (TPSA) is 60.2 Å². The highest BCUT2D eigenvalue weighted by Gasteiger charge is 2.28. The first-order valence-electron chi connectivity index (χ1n) is 13.0. The average molecular weight is 568 g/mol. The Labute approximate surface area is 238 Å². The number of rotatable bonds is 7. The van der Waals surface area contributed by atoms with Gasteiger partial charge in [0.25, 0.3) is 5.17 Å². The lowest BCUT2D eigenvalue weighted by Crippen LogP contribution is -2.39. The number of thiocarbonyl (C=S) groups is 1. The van der Waals surface area contributed by atoms with Gasteiger partial charge in [-0.05, 0) is 84.4 Å². The van der Waals surface area contributed by atoms with Gasteiger partial charge >= 0.3 is 0 Å². The summed E-state index contributed by atoms with van der Waals surface area (Å²) in [5.74, 6) is 0.962. The number of nitrogens with zero attached hydrogens (tertiary/aromatic N) is 2. The van der Waals surface area contributed by atoms with Crippen LogP contribution in [0.15, 0.2) is 72.8 Å². The van der Waals surface area contributed by atoms with Crippen LogP contribution in [0.25, 0.3) is 5.57 Å². The van der Waals surface area contributed by atoms with E-state index >= 15 is 0 Å². The third-order valence-electron chi connectivity index (χ3n) is 6.93. The molecule has 0 saturated carbocycles. The van der Waals surface area contributed by atoms with Crippen LogP contribution in [0, 0.1) is 5.82 Å². The molecular formula is C30H31ClFN3O3S. The van der Waals surface area contributed by atoms with E-state index in [0.717, 1.165) is 55.3 Å². The highest BCUT2D eigenvalue weighted by Crippen LogP contribution is 2.37. The predicted molar refractivity (Wildman–Crippen MR) is 157 cm³/mol. The molecule has 1 saturated heterocycles. The molecule has 1 fully saturated rings. The van der Waals surface area contributed by atoms with Crippen LogP contribution in [0.5, 0.6) is 11.5 Å². The van der Waals surface area contributed by atoms with Gasteiger partial charge in [0.1, 0.15) is 23.9 Å². The summed E-state index contributed by atoms with van der Waals surface area (Å²) in [5.41, 5.74) is 10.0. The number of benzene rings is 3. The van der Waals surface area contributed by atoms with Gasteiger partial charge < -0.3 is 24.8 Å². The van der Waals surface area contributed by atoms with Gasteiger partial charge in [-0.2, -0.15) is 0 Å². The minimum absolute atomic E-state index is 0.206. The zero-order chi connectivity index (χ0) is 27.2. The molecule has 1 unspecified atom stereocenters. The highest BCUT2D eigenvalue weighted by atomic mass is 35.5. The molecule has 0 amide bonds. The molecule has 2 aliphatic heterocycles. The highest BCUT2D eigenvalue weighted by molar-refractivity contribution is 7.80. The van der Waals surface area contributed by atoms with Gasteiger partial charge in [0.05, 0.1) is 19.3 Å². The summed E-state index contributed by atoms with van der Waals surface area (Å²) in [4.78, 5) is 4.37. The van der Waals surface area contributed by atoms with Crippen molar-refractivity contribution in [3.63, 3.8) is 0 Å². The summed E-state index contributed by atoms with van der Waals surface area (Å²) < 4.78 is 30.8. The molecule has 9 heteroatoms. The van der Waals surface area contributed by atoms with Crippen LogP contribution in [0.4, 0.5) is 10.1 Å². The fraction of sp³-hybridized carbons (Fsp3) is 0.300. The van der Waals surface area contributed by atoms with E-state index in [-0.39, 0.29) is 11.9 Å². The summed E-state index contributed by atoms with van der Waals surface area (Å²) in [5, 5.41) is 0.944. The summed E-state index contributed by atoms with van der Waals surface area (Å²) in [6.07, 6.45) is 2.86. The fourth-order valence-corrected chi connectivity index (χ4v) is 5.27. The Bertz CT molecular complexity index is 1310. The molecule has 2 aliphatic rings. The van der Waals surface area contributed by atoms with E-state index in [1.54, 1.807) is 18.2 Å². The molecule has 0 radical (unpaired) electrons. The molecular weight excluding hydrogens is 537 g/mol. The third-order valence-corrected chi connectivity index (χ3v) is 7.49. The predicted octanol–water partition coefficient (Wildman–Crippen LogP) is 5.97. The van der Waals surface area contributed by atoms with Gasteiger partial charge in [0, 0.05) is 42.5 Å². The minimum atomic E-state index is -0.331. The van der Waals surface area contributed by atoms with Gasteiger partial charge in [0.15, 0.2) is 0 Å². The van der Waals surface area contributed by atoms with Crippen LogP contribution in [-0.4, -0.2) is 61.0 Å². The van der Waals surface area contributed by atoms with Crippen molar-refractivity contribution < 1.29 is 18.6 Å². The molecule has 1 atom stereocenters. The van der Waals surface area contributed by atoms with Crippen molar-refractivity contribution in [1.82, 2.24) is 9.80 Å². The molecule has 0 aliphatic carbocycles. The van der Waals surface area contributed by atoms with Crippen molar-refractivity contribution >= 4 is 40.3 Å². The molecule has 0 bridgehead atoms. The second kappa shape index (κ2) is 12.8. The van der Waals surface area contributed by atoms with Crippen LogP contribution < -0.4 is 15.2 Å².